The van der Waals surface area contributed by atoms with E-state index in [1.54, 1.807) is 25.6 Å². The summed E-state index contributed by atoms with van der Waals surface area (Å²) in [6, 6.07) is 9.19. The molecule has 0 saturated carbocycles. The minimum Gasteiger partial charge on any atom is -0.271 e. The van der Waals surface area contributed by atoms with E-state index in [2.05, 4.69) is 9.82 Å². The number of hydrogen-bond donors (Lipinski definition) is 1. The highest BCUT2D eigenvalue weighted by molar-refractivity contribution is 7.89. The lowest BCUT2D eigenvalue weighted by molar-refractivity contribution is 0.565. The minimum absolute atomic E-state index is 0.266. The fourth-order valence-corrected chi connectivity index (χ4v) is 3.91. The van der Waals surface area contributed by atoms with Crippen molar-refractivity contribution in [2.45, 2.75) is 31.7 Å². The molecule has 1 unspecified atom stereocenters. The largest absolute Gasteiger partial charge is 0.271 e. The number of rotatable bonds is 4. The first-order valence-corrected chi connectivity index (χ1v) is 7.88. The van der Waals surface area contributed by atoms with Crippen molar-refractivity contribution < 1.29 is 8.42 Å². The average molecular weight is 293 g/mol. The summed E-state index contributed by atoms with van der Waals surface area (Å²) in [4.78, 5) is 0.266. The number of aryl methyl sites for hydroxylation is 2. The molecular formula is C14H19N3O2S. The molecule has 0 aliphatic heterocycles. The normalized spacial score (nSPS) is 13.4. The summed E-state index contributed by atoms with van der Waals surface area (Å²) in [5.74, 6) is 0. The van der Waals surface area contributed by atoms with Gasteiger partial charge < -0.3 is 0 Å². The van der Waals surface area contributed by atoms with E-state index in [1.165, 1.54) is 0 Å². The third-order valence-electron chi connectivity index (χ3n) is 3.34. The summed E-state index contributed by atoms with van der Waals surface area (Å²) in [6.45, 7) is 5.28. The van der Waals surface area contributed by atoms with Gasteiger partial charge in [0.2, 0.25) is 10.0 Å². The standard InChI is InChI=1S/C14H19N3O2S/c1-10(13-8-6-5-7-9-13)16-20(18,19)14-11(2)15-17(4)12(14)3/h5-10,16H,1-4H3. The van der Waals surface area contributed by atoms with Gasteiger partial charge in [-0.1, -0.05) is 30.3 Å². The van der Waals surface area contributed by atoms with Crippen molar-refractivity contribution in [3.63, 3.8) is 0 Å². The Morgan fingerprint density at radius 3 is 2.30 bits per heavy atom. The van der Waals surface area contributed by atoms with Gasteiger partial charge >= 0.3 is 0 Å². The van der Waals surface area contributed by atoms with Crippen LogP contribution >= 0.6 is 0 Å². The molecule has 5 nitrogen and oxygen atoms in total. The monoisotopic (exact) mass is 293 g/mol. The lowest BCUT2D eigenvalue weighted by Gasteiger charge is -2.14. The predicted octanol–water partition coefficient (Wildman–Crippen LogP) is 2.08. The molecule has 1 N–H and O–H groups in total. The zero-order valence-electron chi connectivity index (χ0n) is 12.1. The van der Waals surface area contributed by atoms with Crippen molar-refractivity contribution in [1.82, 2.24) is 14.5 Å². The maximum Gasteiger partial charge on any atom is 0.244 e. The maximum absolute atomic E-state index is 12.5. The lowest BCUT2D eigenvalue weighted by atomic mass is 10.1. The van der Waals surface area contributed by atoms with E-state index in [9.17, 15) is 8.42 Å². The average Bonchev–Trinajstić information content (AvgIpc) is 2.64. The van der Waals surface area contributed by atoms with Crippen molar-refractivity contribution in [1.29, 1.82) is 0 Å². The molecule has 108 valence electrons. The maximum atomic E-state index is 12.5. The second kappa shape index (κ2) is 5.38. The van der Waals surface area contributed by atoms with E-state index < -0.39 is 10.0 Å². The van der Waals surface area contributed by atoms with Crippen molar-refractivity contribution in [3.8, 4) is 0 Å². The van der Waals surface area contributed by atoms with Crippen LogP contribution in [0.15, 0.2) is 35.2 Å². The topological polar surface area (TPSA) is 64.0 Å². The Kier molecular flexibility index (Phi) is 3.96. The molecule has 2 aromatic rings. The van der Waals surface area contributed by atoms with E-state index in [-0.39, 0.29) is 10.9 Å². The third-order valence-corrected chi connectivity index (χ3v) is 5.13. The molecule has 20 heavy (non-hydrogen) atoms. The molecule has 6 heteroatoms. The Hall–Kier alpha value is -1.66. The molecule has 0 aliphatic rings. The quantitative estimate of drug-likeness (QED) is 0.938. The molecule has 0 saturated heterocycles. The second-order valence-electron chi connectivity index (χ2n) is 4.88. The highest BCUT2D eigenvalue weighted by Crippen LogP contribution is 2.21. The first-order valence-electron chi connectivity index (χ1n) is 6.40. The molecule has 0 bridgehead atoms. The van der Waals surface area contributed by atoms with Crippen LogP contribution in [-0.4, -0.2) is 18.2 Å². The lowest BCUT2D eigenvalue weighted by Crippen LogP contribution is -2.27. The number of nitrogens with zero attached hydrogens (tertiary/aromatic N) is 2. The van der Waals surface area contributed by atoms with Gasteiger partial charge in [-0.05, 0) is 26.3 Å². The Morgan fingerprint density at radius 2 is 1.80 bits per heavy atom. The van der Waals surface area contributed by atoms with Crippen LogP contribution in [0.2, 0.25) is 0 Å². The molecule has 1 aromatic carbocycles. The number of hydrogen-bond acceptors (Lipinski definition) is 3. The second-order valence-corrected chi connectivity index (χ2v) is 6.53. The van der Waals surface area contributed by atoms with Crippen LogP contribution in [0, 0.1) is 13.8 Å². The van der Waals surface area contributed by atoms with Crippen molar-refractivity contribution in [3.05, 3.63) is 47.3 Å². The summed E-state index contributed by atoms with van der Waals surface area (Å²) in [6.07, 6.45) is 0. The Morgan fingerprint density at radius 1 is 1.20 bits per heavy atom. The molecule has 0 spiro atoms. The third kappa shape index (κ3) is 2.76. The fourth-order valence-electron chi connectivity index (χ4n) is 2.24. The Bertz CT molecular complexity index is 706. The van der Waals surface area contributed by atoms with Gasteiger partial charge in [0.15, 0.2) is 0 Å². The van der Waals surface area contributed by atoms with Crippen molar-refractivity contribution in [2.75, 3.05) is 0 Å². The van der Waals surface area contributed by atoms with Gasteiger partial charge in [-0.25, -0.2) is 13.1 Å². The summed E-state index contributed by atoms with van der Waals surface area (Å²) >= 11 is 0. The zero-order chi connectivity index (χ0) is 14.9. The molecule has 1 aromatic heterocycles. The van der Waals surface area contributed by atoms with Crippen LogP contribution in [-0.2, 0) is 17.1 Å². The van der Waals surface area contributed by atoms with Crippen LogP contribution in [0.5, 0.6) is 0 Å². The fraction of sp³-hybridized carbons (Fsp3) is 0.357. The first kappa shape index (κ1) is 14.7. The molecule has 1 heterocycles. The number of aromatic nitrogens is 2. The summed E-state index contributed by atoms with van der Waals surface area (Å²) in [5, 5.41) is 4.15. The molecule has 0 radical (unpaired) electrons. The van der Waals surface area contributed by atoms with E-state index in [0.29, 0.717) is 11.4 Å². The van der Waals surface area contributed by atoms with Crippen LogP contribution in [0.4, 0.5) is 0 Å². The summed E-state index contributed by atoms with van der Waals surface area (Å²) in [7, 11) is -1.84. The van der Waals surface area contributed by atoms with Gasteiger partial charge in [0.25, 0.3) is 0 Å². The van der Waals surface area contributed by atoms with Gasteiger partial charge in [-0.15, -0.1) is 0 Å². The Balaban J connectivity index is 2.33. The number of benzene rings is 1. The zero-order valence-corrected chi connectivity index (χ0v) is 12.9. The smallest absolute Gasteiger partial charge is 0.244 e. The van der Waals surface area contributed by atoms with Gasteiger partial charge in [0, 0.05) is 13.1 Å². The highest BCUT2D eigenvalue weighted by atomic mass is 32.2. The van der Waals surface area contributed by atoms with Gasteiger partial charge in [-0.2, -0.15) is 5.10 Å². The minimum atomic E-state index is -3.58. The van der Waals surface area contributed by atoms with Crippen LogP contribution in [0.3, 0.4) is 0 Å². The predicted molar refractivity (Wildman–Crippen MR) is 77.9 cm³/mol. The van der Waals surface area contributed by atoms with Crippen molar-refractivity contribution >= 4 is 10.0 Å². The van der Waals surface area contributed by atoms with Gasteiger partial charge in [-0.3, -0.25) is 4.68 Å². The molecular weight excluding hydrogens is 274 g/mol. The number of nitrogens with one attached hydrogen (secondary N) is 1. The SMILES string of the molecule is Cc1nn(C)c(C)c1S(=O)(=O)NC(C)c1ccccc1. The molecule has 1 atom stereocenters. The summed E-state index contributed by atoms with van der Waals surface area (Å²) < 4.78 is 29.3. The molecule has 0 aliphatic carbocycles. The van der Waals surface area contributed by atoms with Crippen LogP contribution in [0.1, 0.15) is 29.9 Å². The van der Waals surface area contributed by atoms with Gasteiger partial charge in [0.05, 0.1) is 11.4 Å². The number of sulfonamides is 1. The van der Waals surface area contributed by atoms with E-state index >= 15 is 0 Å². The first-order chi connectivity index (χ1) is 9.33. The van der Waals surface area contributed by atoms with Crippen molar-refractivity contribution in [2.24, 2.45) is 7.05 Å². The molecule has 0 fully saturated rings. The Labute approximate surface area is 119 Å². The summed E-state index contributed by atoms with van der Waals surface area (Å²) in [5.41, 5.74) is 2.07. The van der Waals surface area contributed by atoms with E-state index in [0.717, 1.165) is 5.56 Å². The van der Waals surface area contributed by atoms with Crippen LogP contribution in [0.25, 0.3) is 0 Å². The van der Waals surface area contributed by atoms with Gasteiger partial charge in [0.1, 0.15) is 4.90 Å². The highest BCUT2D eigenvalue weighted by Gasteiger charge is 2.25. The van der Waals surface area contributed by atoms with E-state index in [4.69, 9.17) is 0 Å². The van der Waals surface area contributed by atoms with Crippen LogP contribution < -0.4 is 4.72 Å². The van der Waals surface area contributed by atoms with E-state index in [1.807, 2.05) is 37.3 Å². The molecule has 2 rings (SSSR count). The molecule has 0 amide bonds.